The van der Waals surface area contributed by atoms with Crippen LogP contribution >= 0.6 is 11.6 Å². The molecule has 2 aromatic rings. The zero-order valence-corrected chi connectivity index (χ0v) is 21.7. The molecule has 1 unspecified atom stereocenters. The van der Waals surface area contributed by atoms with E-state index in [-0.39, 0.29) is 11.5 Å². The lowest BCUT2D eigenvalue weighted by Crippen LogP contribution is -2.50. The van der Waals surface area contributed by atoms with Gasteiger partial charge in [-0.1, -0.05) is 23.7 Å². The number of likely N-dealkylation sites (tertiary alicyclic amines) is 1. The summed E-state index contributed by atoms with van der Waals surface area (Å²) in [4.78, 5) is 27.8. The first-order valence-corrected chi connectivity index (χ1v) is 13.3. The number of hydrogen-bond donors (Lipinski definition) is 2. The summed E-state index contributed by atoms with van der Waals surface area (Å²) in [5.74, 6) is -0.252. The van der Waals surface area contributed by atoms with Crippen LogP contribution in [-0.2, 0) is 11.0 Å². The number of amides is 2. The molecule has 200 valence electrons. The van der Waals surface area contributed by atoms with Crippen LogP contribution in [0.1, 0.15) is 71.5 Å². The quantitative estimate of drug-likeness (QED) is 0.405. The minimum absolute atomic E-state index is 0.0974. The van der Waals surface area contributed by atoms with Crippen LogP contribution in [0.15, 0.2) is 42.5 Å². The molecular weight excluding hydrogens is 503 g/mol. The van der Waals surface area contributed by atoms with Crippen LogP contribution in [0.25, 0.3) is 0 Å². The van der Waals surface area contributed by atoms with E-state index in [1.54, 1.807) is 4.90 Å². The van der Waals surface area contributed by atoms with Crippen molar-refractivity contribution in [2.45, 2.75) is 69.6 Å². The van der Waals surface area contributed by atoms with Crippen LogP contribution in [-0.4, -0.2) is 48.4 Å². The number of piperidine rings is 1. The van der Waals surface area contributed by atoms with Gasteiger partial charge in [-0.15, -0.1) is 0 Å². The third-order valence-corrected chi connectivity index (χ3v) is 7.64. The summed E-state index contributed by atoms with van der Waals surface area (Å²) < 4.78 is 38.6. The summed E-state index contributed by atoms with van der Waals surface area (Å²) in [5, 5.41) is 7.09. The van der Waals surface area contributed by atoms with Gasteiger partial charge in [-0.05, 0) is 93.5 Å². The minimum atomic E-state index is -4.47. The third-order valence-electron chi connectivity index (χ3n) is 7.24. The fraction of sp³-hybridized carbons (Fsp3) is 0.500. The molecule has 1 aliphatic heterocycles. The number of alkyl halides is 3. The second-order valence-electron chi connectivity index (χ2n) is 10.0. The van der Waals surface area contributed by atoms with Gasteiger partial charge in [-0.25, -0.2) is 0 Å². The van der Waals surface area contributed by atoms with E-state index in [4.69, 9.17) is 11.6 Å². The number of hydrogen-bond acceptors (Lipinski definition) is 3. The summed E-state index contributed by atoms with van der Waals surface area (Å²) in [6.07, 6.45) is 0.613. The molecule has 2 N–H and O–H groups in total. The fourth-order valence-corrected chi connectivity index (χ4v) is 5.06. The molecule has 1 saturated carbocycles. The monoisotopic (exact) mass is 535 g/mol. The molecule has 1 saturated heterocycles. The topological polar surface area (TPSA) is 61.4 Å². The maximum absolute atomic E-state index is 13.2. The minimum Gasteiger partial charge on any atom is -0.341 e. The molecule has 9 heteroatoms. The summed E-state index contributed by atoms with van der Waals surface area (Å²) in [7, 11) is 0. The highest BCUT2D eigenvalue weighted by Crippen LogP contribution is 2.41. The highest BCUT2D eigenvalue weighted by atomic mass is 35.5. The molecule has 37 heavy (non-hydrogen) atoms. The van der Waals surface area contributed by atoms with Crippen LogP contribution in [0, 0.1) is 6.92 Å². The van der Waals surface area contributed by atoms with E-state index in [0.29, 0.717) is 44.4 Å². The van der Waals surface area contributed by atoms with Gasteiger partial charge in [0.1, 0.15) is 6.04 Å². The van der Waals surface area contributed by atoms with Crippen LogP contribution in [0.5, 0.6) is 0 Å². The van der Waals surface area contributed by atoms with Gasteiger partial charge >= 0.3 is 6.18 Å². The largest absolute Gasteiger partial charge is 0.416 e. The Hall–Kier alpha value is -2.58. The molecule has 0 aromatic heterocycles. The molecule has 2 fully saturated rings. The Morgan fingerprint density at radius 2 is 1.78 bits per heavy atom. The van der Waals surface area contributed by atoms with Crippen molar-refractivity contribution in [3.8, 4) is 0 Å². The Labute approximate surface area is 220 Å². The van der Waals surface area contributed by atoms with E-state index < -0.39 is 23.7 Å². The Kier molecular flexibility index (Phi) is 8.80. The van der Waals surface area contributed by atoms with Crippen LogP contribution < -0.4 is 10.6 Å². The number of rotatable bonds is 9. The van der Waals surface area contributed by atoms with E-state index in [1.807, 2.05) is 19.1 Å². The van der Waals surface area contributed by atoms with Crippen LogP contribution in [0.2, 0.25) is 5.02 Å². The zero-order valence-electron chi connectivity index (χ0n) is 20.9. The van der Waals surface area contributed by atoms with Crippen molar-refractivity contribution in [2.75, 3.05) is 19.6 Å². The van der Waals surface area contributed by atoms with Crippen molar-refractivity contribution >= 4 is 23.4 Å². The molecule has 2 aromatic carbocycles. The van der Waals surface area contributed by atoms with E-state index in [1.165, 1.54) is 5.56 Å². The van der Waals surface area contributed by atoms with E-state index >= 15 is 0 Å². The molecule has 3 atom stereocenters. The van der Waals surface area contributed by atoms with Crippen LogP contribution in [0.3, 0.4) is 0 Å². The molecule has 0 radical (unpaired) electrons. The molecular formula is C28H33ClF3N3O2. The van der Waals surface area contributed by atoms with Gasteiger partial charge in [0, 0.05) is 35.6 Å². The Morgan fingerprint density at radius 1 is 1.08 bits per heavy atom. The van der Waals surface area contributed by atoms with Crippen molar-refractivity contribution in [1.29, 1.82) is 0 Å². The maximum atomic E-state index is 13.2. The second-order valence-corrected chi connectivity index (χ2v) is 10.4. The lowest BCUT2D eigenvalue weighted by Gasteiger charge is -2.31. The molecule has 0 bridgehead atoms. The second kappa shape index (κ2) is 11.9. The summed E-state index contributed by atoms with van der Waals surface area (Å²) in [6.45, 7) is 3.99. The van der Waals surface area contributed by atoms with E-state index in [9.17, 15) is 22.8 Å². The van der Waals surface area contributed by atoms with Crippen LogP contribution in [0.4, 0.5) is 13.2 Å². The first kappa shape index (κ1) is 27.5. The maximum Gasteiger partial charge on any atom is 0.416 e. The number of carbonyl (C=O) groups is 2. The van der Waals surface area contributed by atoms with Crippen molar-refractivity contribution in [3.63, 3.8) is 0 Å². The van der Waals surface area contributed by atoms with Gasteiger partial charge in [0.25, 0.3) is 5.91 Å². The average Bonchev–Trinajstić information content (AvgIpc) is 3.66. The third kappa shape index (κ3) is 7.26. The predicted molar refractivity (Wildman–Crippen MR) is 138 cm³/mol. The van der Waals surface area contributed by atoms with E-state index in [0.717, 1.165) is 60.5 Å². The molecule has 1 heterocycles. The molecule has 1 aliphatic carbocycles. The summed E-state index contributed by atoms with van der Waals surface area (Å²) >= 11 is 6.26. The standard InChI is InChI=1S/C28H33ClF3N3O2/c1-18-7-8-20(16-23(18)29)22-17-25(22)33-13-5-6-24(27(37)35-14-3-2-4-15-35)34-26(36)19-9-11-21(12-10-19)28(30,31)32/h7-12,16,22,24-25,33H,2-6,13-15,17H2,1H3,(H,34,36)/t22-,24-,25?/m0/s1. The molecule has 0 spiro atoms. The Morgan fingerprint density at radius 3 is 2.43 bits per heavy atom. The highest BCUT2D eigenvalue weighted by Gasteiger charge is 2.38. The van der Waals surface area contributed by atoms with E-state index in [2.05, 4.69) is 16.7 Å². The normalized spacial score (nSPS) is 20.4. The summed E-state index contributed by atoms with van der Waals surface area (Å²) in [6, 6.07) is 9.85. The average molecular weight is 536 g/mol. The van der Waals surface area contributed by atoms with Gasteiger partial charge < -0.3 is 15.5 Å². The first-order chi connectivity index (χ1) is 17.6. The lowest BCUT2D eigenvalue weighted by atomic mass is 10.1. The van der Waals surface area contributed by atoms with Gasteiger partial charge in [0.15, 0.2) is 0 Å². The predicted octanol–water partition coefficient (Wildman–Crippen LogP) is 5.70. The lowest BCUT2D eigenvalue weighted by molar-refractivity contribution is -0.137. The molecule has 2 amide bonds. The fourth-order valence-electron chi connectivity index (χ4n) is 4.87. The number of benzene rings is 2. The van der Waals surface area contributed by atoms with Crippen molar-refractivity contribution < 1.29 is 22.8 Å². The number of halogens is 4. The SMILES string of the molecule is Cc1ccc([C@@H]2CC2NCCC[C@H](NC(=O)c2ccc(C(F)(F)F)cc2)C(=O)N2CCCCC2)cc1Cl. The van der Waals surface area contributed by atoms with Gasteiger partial charge in [-0.2, -0.15) is 13.2 Å². The molecule has 2 aliphatic rings. The van der Waals surface area contributed by atoms with Gasteiger partial charge in [0.2, 0.25) is 5.91 Å². The smallest absolute Gasteiger partial charge is 0.341 e. The summed E-state index contributed by atoms with van der Waals surface area (Å²) in [5.41, 5.74) is 1.55. The Bertz CT molecular complexity index is 1100. The zero-order chi connectivity index (χ0) is 26.6. The van der Waals surface area contributed by atoms with Crippen molar-refractivity contribution in [1.82, 2.24) is 15.5 Å². The van der Waals surface area contributed by atoms with Gasteiger partial charge in [0.05, 0.1) is 5.56 Å². The van der Waals surface area contributed by atoms with Crippen molar-refractivity contribution in [2.24, 2.45) is 0 Å². The highest BCUT2D eigenvalue weighted by molar-refractivity contribution is 6.31. The number of aryl methyl sites for hydroxylation is 1. The van der Waals surface area contributed by atoms with Gasteiger partial charge in [-0.3, -0.25) is 9.59 Å². The molecule has 4 rings (SSSR count). The van der Waals surface area contributed by atoms with Crippen molar-refractivity contribution in [3.05, 3.63) is 69.7 Å². The number of nitrogens with one attached hydrogen (secondary N) is 2. The number of nitrogens with zero attached hydrogens (tertiary/aromatic N) is 1. The number of carbonyl (C=O) groups excluding carboxylic acids is 2. The Balaban J connectivity index is 1.32. The molecule has 5 nitrogen and oxygen atoms in total. The first-order valence-electron chi connectivity index (χ1n) is 12.9.